The second-order valence-corrected chi connectivity index (χ2v) is 8.31. The second kappa shape index (κ2) is 6.66. The Kier molecular flexibility index (Phi) is 3.87. The van der Waals surface area contributed by atoms with Gasteiger partial charge in [0.05, 0.1) is 16.9 Å². The van der Waals surface area contributed by atoms with E-state index in [9.17, 15) is 9.59 Å². The number of benzene rings is 4. The molecular formula is C28H20N2O2. The van der Waals surface area contributed by atoms with Crippen LogP contribution < -0.4 is 9.80 Å². The highest BCUT2D eigenvalue weighted by Gasteiger charge is 2.33. The number of hydrogen-bond acceptors (Lipinski definition) is 4. The van der Waals surface area contributed by atoms with Crippen LogP contribution in [0.1, 0.15) is 20.7 Å². The summed E-state index contributed by atoms with van der Waals surface area (Å²) in [6, 6.07) is 24.1. The van der Waals surface area contributed by atoms with Gasteiger partial charge in [-0.25, -0.2) is 0 Å². The molecule has 6 rings (SSSR count). The first-order chi connectivity index (χ1) is 15.5. The number of nitrogens with zero attached hydrogens (tertiary/aromatic N) is 2. The third-order valence-electron chi connectivity index (χ3n) is 6.52. The number of carbonyl (C=O) groups is 2. The Morgan fingerprint density at radius 2 is 1.00 bits per heavy atom. The first kappa shape index (κ1) is 18.6. The third-order valence-corrected chi connectivity index (χ3v) is 6.52. The van der Waals surface area contributed by atoms with E-state index >= 15 is 0 Å². The number of carbonyl (C=O) groups excluding carboxylic acids is 2. The van der Waals surface area contributed by atoms with E-state index in [1.807, 2.05) is 68.7 Å². The summed E-state index contributed by atoms with van der Waals surface area (Å²) in [6.07, 6.45) is 3.53. The molecule has 0 saturated heterocycles. The van der Waals surface area contributed by atoms with Gasteiger partial charge in [0.15, 0.2) is 11.6 Å². The quantitative estimate of drug-likeness (QED) is 0.294. The van der Waals surface area contributed by atoms with Gasteiger partial charge in [-0.1, -0.05) is 48.5 Å². The summed E-state index contributed by atoms with van der Waals surface area (Å²) >= 11 is 0. The summed E-state index contributed by atoms with van der Waals surface area (Å²) in [5.41, 5.74) is 3.37. The predicted molar refractivity (Wildman–Crippen MR) is 130 cm³/mol. The maximum Gasteiger partial charge on any atom is 0.197 e. The van der Waals surface area contributed by atoms with Crippen LogP contribution in [-0.2, 0) is 0 Å². The molecule has 1 aliphatic heterocycles. The van der Waals surface area contributed by atoms with Gasteiger partial charge in [0.25, 0.3) is 0 Å². The topological polar surface area (TPSA) is 40.6 Å². The van der Waals surface area contributed by atoms with Crippen molar-refractivity contribution in [3.05, 3.63) is 107 Å². The molecule has 0 radical (unpaired) electrons. The molecule has 4 aromatic carbocycles. The second-order valence-electron chi connectivity index (χ2n) is 8.31. The Labute approximate surface area is 185 Å². The van der Waals surface area contributed by atoms with Crippen LogP contribution in [0.15, 0.2) is 96.3 Å². The highest BCUT2D eigenvalue weighted by Crippen LogP contribution is 2.42. The van der Waals surface area contributed by atoms with Crippen molar-refractivity contribution in [3.63, 3.8) is 0 Å². The number of anilines is 2. The molecule has 0 fully saturated rings. The largest absolute Gasteiger partial charge is 0.329 e. The molecule has 1 heterocycles. The van der Waals surface area contributed by atoms with E-state index < -0.39 is 0 Å². The Balaban J connectivity index is 1.41. The molecule has 0 amide bonds. The molecule has 0 unspecified atom stereocenters. The lowest BCUT2D eigenvalue weighted by molar-refractivity contribution is 0.0989. The van der Waals surface area contributed by atoms with Gasteiger partial charge in [0.1, 0.15) is 5.82 Å². The molecule has 0 saturated carbocycles. The monoisotopic (exact) mass is 416 g/mol. The minimum atomic E-state index is -0.209. The Bertz CT molecular complexity index is 1440. The fraction of sp³-hybridized carbons (Fsp3) is 0.0714. The van der Waals surface area contributed by atoms with Crippen LogP contribution in [0.4, 0.5) is 11.4 Å². The first-order valence-corrected chi connectivity index (χ1v) is 10.6. The minimum absolute atomic E-state index is 0.209. The van der Waals surface area contributed by atoms with Crippen molar-refractivity contribution in [1.29, 1.82) is 0 Å². The third kappa shape index (κ3) is 2.56. The van der Waals surface area contributed by atoms with Crippen LogP contribution in [-0.4, -0.2) is 25.7 Å². The fourth-order valence-corrected chi connectivity index (χ4v) is 4.77. The van der Waals surface area contributed by atoms with Crippen LogP contribution in [0, 0.1) is 0 Å². The van der Waals surface area contributed by atoms with Gasteiger partial charge < -0.3 is 9.80 Å². The van der Waals surface area contributed by atoms with Crippen LogP contribution in [0.2, 0.25) is 0 Å². The standard InChI is InChI=1S/C28H20N2O2/c1-29-24-15-19-9-5-6-10-20(19)16-25(24)30(2)26(29)12-11-21-27(31)22-13-17-7-3-4-8-18(17)14-23(22)28(21)32/h3-16H,1-2H3. The van der Waals surface area contributed by atoms with Crippen LogP contribution in [0.3, 0.4) is 0 Å². The van der Waals surface area contributed by atoms with Gasteiger partial charge >= 0.3 is 0 Å². The van der Waals surface area contributed by atoms with Gasteiger partial charge in [-0.05, 0) is 58.0 Å². The Hall–Kier alpha value is -4.18. The molecule has 0 spiro atoms. The minimum Gasteiger partial charge on any atom is -0.329 e. The zero-order chi connectivity index (χ0) is 22.0. The van der Waals surface area contributed by atoms with Crippen molar-refractivity contribution >= 4 is 44.5 Å². The molecule has 4 aromatic rings. The fourth-order valence-electron chi connectivity index (χ4n) is 4.77. The molecule has 4 heteroatoms. The molecule has 32 heavy (non-hydrogen) atoms. The average Bonchev–Trinajstić information content (AvgIpc) is 3.19. The lowest BCUT2D eigenvalue weighted by atomic mass is 10.0. The average molecular weight is 416 g/mol. The molecule has 1 aliphatic carbocycles. The van der Waals surface area contributed by atoms with Crippen molar-refractivity contribution in [2.24, 2.45) is 0 Å². The molecule has 154 valence electrons. The summed E-state index contributed by atoms with van der Waals surface area (Å²) < 4.78 is 0. The van der Waals surface area contributed by atoms with Gasteiger partial charge in [-0.15, -0.1) is 0 Å². The number of Topliss-reactive ketones (excluding diaryl/α,β-unsaturated/α-hetero) is 2. The Morgan fingerprint density at radius 3 is 1.44 bits per heavy atom. The van der Waals surface area contributed by atoms with Crippen molar-refractivity contribution in [1.82, 2.24) is 0 Å². The summed E-state index contributed by atoms with van der Waals surface area (Å²) in [4.78, 5) is 30.3. The van der Waals surface area contributed by atoms with Crippen molar-refractivity contribution < 1.29 is 9.59 Å². The summed E-state index contributed by atoms with van der Waals surface area (Å²) in [6.45, 7) is 0. The molecule has 0 atom stereocenters. The molecule has 4 nitrogen and oxygen atoms in total. The van der Waals surface area contributed by atoms with E-state index in [1.165, 1.54) is 10.8 Å². The van der Waals surface area contributed by atoms with Gasteiger partial charge in [-0.2, -0.15) is 0 Å². The van der Waals surface area contributed by atoms with Crippen molar-refractivity contribution in [3.8, 4) is 0 Å². The molecule has 2 aliphatic rings. The molecule has 0 bridgehead atoms. The van der Waals surface area contributed by atoms with E-state index in [2.05, 4.69) is 34.1 Å². The summed E-state index contributed by atoms with van der Waals surface area (Å²) in [5, 5.41) is 4.28. The maximum absolute atomic E-state index is 13.1. The number of rotatable bonds is 1. The molecule has 0 N–H and O–H groups in total. The van der Waals surface area contributed by atoms with E-state index in [1.54, 1.807) is 6.08 Å². The van der Waals surface area contributed by atoms with Crippen molar-refractivity contribution in [2.75, 3.05) is 23.9 Å². The van der Waals surface area contributed by atoms with E-state index in [4.69, 9.17) is 0 Å². The number of allylic oxidation sites excluding steroid dienone is 3. The predicted octanol–water partition coefficient (Wildman–Crippen LogP) is 5.73. The van der Waals surface area contributed by atoms with Gasteiger partial charge in [-0.3, -0.25) is 9.59 Å². The van der Waals surface area contributed by atoms with Gasteiger partial charge in [0, 0.05) is 25.2 Å². The summed E-state index contributed by atoms with van der Waals surface area (Å²) in [7, 11) is 4.00. The highest BCUT2D eigenvalue weighted by molar-refractivity contribution is 6.40. The van der Waals surface area contributed by atoms with Crippen LogP contribution in [0.25, 0.3) is 21.5 Å². The van der Waals surface area contributed by atoms with Crippen molar-refractivity contribution in [2.45, 2.75) is 0 Å². The maximum atomic E-state index is 13.1. The lowest BCUT2D eigenvalue weighted by Crippen LogP contribution is -2.21. The summed E-state index contributed by atoms with van der Waals surface area (Å²) in [5.74, 6) is 0.489. The number of ketones is 2. The lowest BCUT2D eigenvalue weighted by Gasteiger charge is -2.17. The Morgan fingerprint density at radius 1 is 0.594 bits per heavy atom. The van der Waals surface area contributed by atoms with Gasteiger partial charge in [0.2, 0.25) is 0 Å². The first-order valence-electron chi connectivity index (χ1n) is 10.6. The smallest absolute Gasteiger partial charge is 0.197 e. The molecule has 0 aromatic heterocycles. The van der Waals surface area contributed by atoms with Crippen LogP contribution >= 0.6 is 0 Å². The number of hydrogen-bond donors (Lipinski definition) is 0. The number of fused-ring (bicyclic) bond motifs is 4. The zero-order valence-corrected chi connectivity index (χ0v) is 17.8. The van der Waals surface area contributed by atoms with E-state index in [0.717, 1.165) is 28.0 Å². The van der Waals surface area contributed by atoms with E-state index in [-0.39, 0.29) is 17.1 Å². The normalized spacial score (nSPS) is 15.1. The zero-order valence-electron chi connectivity index (χ0n) is 17.8. The van der Waals surface area contributed by atoms with E-state index in [0.29, 0.717) is 11.1 Å². The highest BCUT2D eigenvalue weighted by atomic mass is 16.2. The SMILES string of the molecule is CN1C(=CC=C2C(=O)c3cc4ccccc4cc3C2=O)N(C)c2cc3ccccc3cc21. The molecular weight excluding hydrogens is 396 g/mol. The van der Waals surface area contributed by atoms with Crippen LogP contribution in [0.5, 0.6) is 0 Å².